The molecule has 0 saturated carbocycles. The highest BCUT2D eigenvalue weighted by Crippen LogP contribution is 2.48. The van der Waals surface area contributed by atoms with Crippen molar-refractivity contribution < 1.29 is 23.2 Å². The molecule has 1 aliphatic heterocycles. The predicted octanol–water partition coefficient (Wildman–Crippen LogP) is 1.83. The minimum absolute atomic E-state index is 0.362. The highest BCUT2D eigenvalue weighted by molar-refractivity contribution is 7.47. The van der Waals surface area contributed by atoms with Gasteiger partial charge in [-0.25, -0.2) is 4.57 Å². The van der Waals surface area contributed by atoms with Gasteiger partial charge in [0.25, 0.3) is 0 Å². The van der Waals surface area contributed by atoms with Gasteiger partial charge in [0.05, 0.1) is 0 Å². The quantitative estimate of drug-likeness (QED) is 0.738. The van der Waals surface area contributed by atoms with Crippen LogP contribution in [0.4, 0.5) is 0 Å². The zero-order valence-corrected chi connectivity index (χ0v) is 9.41. The summed E-state index contributed by atoms with van der Waals surface area (Å²) in [5.74, 6) is 0.362. The molecule has 0 aromatic carbocycles. The molecule has 0 aromatic rings. The molecule has 1 saturated heterocycles. The second-order valence-corrected chi connectivity index (χ2v) is 5.29. The van der Waals surface area contributed by atoms with Crippen molar-refractivity contribution in [3.05, 3.63) is 12.3 Å². The Morgan fingerprint density at radius 2 is 2.29 bits per heavy atom. The highest BCUT2D eigenvalue weighted by atomic mass is 31.2. The number of hydrogen-bond acceptors (Lipinski definition) is 4. The van der Waals surface area contributed by atoms with Gasteiger partial charge in [-0.15, -0.1) is 0 Å². The van der Waals surface area contributed by atoms with Crippen molar-refractivity contribution in [2.75, 3.05) is 7.11 Å². The molecule has 0 bridgehead atoms. The second-order valence-electron chi connectivity index (χ2n) is 3.78. The summed E-state index contributed by atoms with van der Waals surface area (Å²) in [6.45, 7) is 7.33. The van der Waals surface area contributed by atoms with E-state index in [2.05, 4.69) is 11.1 Å². The van der Waals surface area contributed by atoms with Gasteiger partial charge in [-0.3, -0.25) is 9.05 Å². The Kier molecular flexibility index (Phi) is 3.07. The van der Waals surface area contributed by atoms with Crippen LogP contribution in [0.25, 0.3) is 0 Å². The van der Waals surface area contributed by atoms with Crippen LogP contribution in [0.15, 0.2) is 12.3 Å². The van der Waals surface area contributed by atoms with Gasteiger partial charge in [0.1, 0.15) is 17.5 Å². The van der Waals surface area contributed by atoms with Crippen LogP contribution in [0.3, 0.4) is 0 Å². The molecule has 0 radical (unpaired) electrons. The van der Waals surface area contributed by atoms with Crippen LogP contribution in [0.5, 0.6) is 0 Å². The third-order valence-corrected chi connectivity index (χ3v) is 2.92. The van der Waals surface area contributed by atoms with Crippen molar-refractivity contribution in [3.63, 3.8) is 0 Å². The largest absolute Gasteiger partial charge is 0.490 e. The van der Waals surface area contributed by atoms with Crippen molar-refractivity contribution in [1.29, 1.82) is 0 Å². The fourth-order valence-corrected chi connectivity index (χ4v) is 1.92. The summed E-state index contributed by atoms with van der Waals surface area (Å²) in [4.78, 5) is 9.09. The molecule has 2 atom stereocenters. The van der Waals surface area contributed by atoms with Gasteiger partial charge in [0.15, 0.2) is 0 Å². The fourth-order valence-electron chi connectivity index (χ4n) is 1.32. The van der Waals surface area contributed by atoms with E-state index in [1.54, 1.807) is 0 Å². The lowest BCUT2D eigenvalue weighted by Gasteiger charge is -2.15. The summed E-state index contributed by atoms with van der Waals surface area (Å²) in [7, 11) is -2.84. The van der Waals surface area contributed by atoms with E-state index in [0.717, 1.165) is 7.11 Å². The van der Waals surface area contributed by atoms with Crippen LogP contribution in [0.1, 0.15) is 20.3 Å². The monoisotopic (exact) mass is 222 g/mol. The van der Waals surface area contributed by atoms with E-state index in [-0.39, 0.29) is 0 Å². The Morgan fingerprint density at radius 3 is 2.64 bits per heavy atom. The van der Waals surface area contributed by atoms with Crippen LogP contribution in [-0.2, 0) is 18.3 Å². The van der Waals surface area contributed by atoms with Crippen molar-refractivity contribution in [2.24, 2.45) is 0 Å². The maximum Gasteiger partial charge on any atom is 0.472 e. The third kappa shape index (κ3) is 2.82. The topological polar surface area (TPSA) is 65.0 Å². The van der Waals surface area contributed by atoms with E-state index >= 15 is 0 Å². The summed E-state index contributed by atoms with van der Waals surface area (Å²) < 4.78 is 25.6. The Hall–Kier alpha value is -0.350. The van der Waals surface area contributed by atoms with Crippen LogP contribution in [0, 0.1) is 0 Å². The standard InChI is InChI=1S/C8H15O5P/c1-6-7(5-8(2,3)12-6)13-14(9,10)11-4/h7H,1,5H2,2-4H3,(H,9,10). The lowest BCUT2D eigenvalue weighted by Crippen LogP contribution is -2.18. The van der Waals surface area contributed by atoms with Crippen molar-refractivity contribution in [3.8, 4) is 0 Å². The maximum atomic E-state index is 11.1. The van der Waals surface area contributed by atoms with Crippen LogP contribution in [-0.4, -0.2) is 23.7 Å². The van der Waals surface area contributed by atoms with Crippen LogP contribution < -0.4 is 0 Å². The van der Waals surface area contributed by atoms with Crippen LogP contribution >= 0.6 is 7.82 Å². The molecule has 0 aliphatic carbocycles. The molecule has 6 heteroatoms. The van der Waals surface area contributed by atoms with E-state index in [4.69, 9.17) is 14.2 Å². The smallest absolute Gasteiger partial charge is 0.472 e. The molecule has 1 aliphatic rings. The summed E-state index contributed by atoms with van der Waals surface area (Å²) in [5.41, 5.74) is -0.407. The molecule has 1 rings (SSSR count). The normalized spacial score (nSPS) is 29.7. The molecule has 1 fully saturated rings. The molecule has 82 valence electrons. The lowest BCUT2D eigenvalue weighted by atomic mass is 10.0. The number of hydrogen-bond donors (Lipinski definition) is 1. The SMILES string of the molecule is C=C1OC(C)(C)CC1OP(=O)(O)OC. The Labute approximate surface area is 83.3 Å². The van der Waals surface area contributed by atoms with Crippen molar-refractivity contribution >= 4 is 7.82 Å². The van der Waals surface area contributed by atoms with Gasteiger partial charge in [-0.05, 0) is 13.8 Å². The molecule has 0 amide bonds. The molecule has 1 heterocycles. The van der Waals surface area contributed by atoms with E-state index in [0.29, 0.717) is 12.2 Å². The van der Waals surface area contributed by atoms with Crippen molar-refractivity contribution in [2.45, 2.75) is 32.0 Å². The number of phosphoric acid groups is 1. The van der Waals surface area contributed by atoms with Gasteiger partial charge < -0.3 is 9.63 Å². The summed E-state index contributed by atoms with van der Waals surface area (Å²) in [6, 6.07) is 0. The fraction of sp³-hybridized carbons (Fsp3) is 0.750. The van der Waals surface area contributed by atoms with Gasteiger partial charge in [-0.2, -0.15) is 0 Å². The first-order chi connectivity index (χ1) is 6.26. The average molecular weight is 222 g/mol. The molecule has 5 nitrogen and oxygen atoms in total. The van der Waals surface area contributed by atoms with Gasteiger partial charge in [0, 0.05) is 13.5 Å². The number of phosphoric ester groups is 1. The predicted molar refractivity (Wildman–Crippen MR) is 50.6 cm³/mol. The first-order valence-electron chi connectivity index (χ1n) is 4.20. The maximum absolute atomic E-state index is 11.1. The van der Waals surface area contributed by atoms with Gasteiger partial charge >= 0.3 is 7.82 Å². The highest BCUT2D eigenvalue weighted by Gasteiger charge is 2.40. The van der Waals surface area contributed by atoms with E-state index in [9.17, 15) is 4.57 Å². The Balaban J connectivity index is 2.64. The minimum atomic E-state index is -3.96. The van der Waals surface area contributed by atoms with Gasteiger partial charge in [0.2, 0.25) is 0 Å². The number of ether oxygens (including phenoxy) is 1. The zero-order valence-electron chi connectivity index (χ0n) is 8.52. The molecule has 1 N–H and O–H groups in total. The lowest BCUT2D eigenvalue weighted by molar-refractivity contribution is 0.0771. The van der Waals surface area contributed by atoms with E-state index < -0.39 is 19.5 Å². The first kappa shape index (κ1) is 11.7. The molecular formula is C8H15O5P. The summed E-state index contributed by atoms with van der Waals surface area (Å²) >= 11 is 0. The van der Waals surface area contributed by atoms with Crippen molar-refractivity contribution in [1.82, 2.24) is 0 Å². The number of rotatable bonds is 3. The van der Waals surface area contributed by atoms with Crippen LogP contribution in [0.2, 0.25) is 0 Å². The summed E-state index contributed by atoms with van der Waals surface area (Å²) in [5, 5.41) is 0. The Bertz CT molecular complexity index is 285. The zero-order chi connectivity index (χ0) is 11.0. The minimum Gasteiger partial charge on any atom is -0.490 e. The summed E-state index contributed by atoms with van der Waals surface area (Å²) in [6.07, 6.45) is -0.0968. The molecular weight excluding hydrogens is 207 g/mol. The van der Waals surface area contributed by atoms with Gasteiger partial charge in [-0.1, -0.05) is 6.58 Å². The molecule has 2 unspecified atom stereocenters. The van der Waals surface area contributed by atoms with E-state index in [1.807, 2.05) is 13.8 Å². The molecule has 14 heavy (non-hydrogen) atoms. The second kappa shape index (κ2) is 3.66. The Morgan fingerprint density at radius 1 is 1.71 bits per heavy atom. The first-order valence-corrected chi connectivity index (χ1v) is 5.70. The molecule has 0 spiro atoms. The third-order valence-electron chi connectivity index (χ3n) is 1.93. The van der Waals surface area contributed by atoms with E-state index in [1.165, 1.54) is 0 Å². The average Bonchev–Trinajstić information content (AvgIpc) is 2.24. The molecule has 0 aromatic heterocycles.